The van der Waals surface area contributed by atoms with Crippen LogP contribution in [0.1, 0.15) is 19.8 Å². The second-order valence-corrected chi connectivity index (χ2v) is 5.87. The van der Waals surface area contributed by atoms with Crippen LogP contribution in [0.5, 0.6) is 0 Å². The van der Waals surface area contributed by atoms with Crippen molar-refractivity contribution >= 4 is 5.91 Å². The molecular weight excluding hydrogens is 257 g/mol. The summed E-state index contributed by atoms with van der Waals surface area (Å²) in [7, 11) is 0. The highest BCUT2D eigenvalue weighted by Crippen LogP contribution is 2.24. The lowest BCUT2D eigenvalue weighted by molar-refractivity contribution is -0.136. The van der Waals surface area contributed by atoms with Crippen molar-refractivity contribution in [3.05, 3.63) is 23.7 Å². The van der Waals surface area contributed by atoms with Gasteiger partial charge in [0.05, 0.1) is 0 Å². The fraction of sp³-hybridized carbons (Fsp3) is 0.667. The molecule has 0 radical (unpaired) electrons. The second kappa shape index (κ2) is 5.56. The summed E-state index contributed by atoms with van der Waals surface area (Å²) >= 11 is 0. The zero-order chi connectivity index (χ0) is 14.1. The fourth-order valence-corrected chi connectivity index (χ4v) is 3.18. The molecule has 2 aliphatic heterocycles. The predicted molar refractivity (Wildman–Crippen MR) is 75.7 cm³/mol. The molecule has 0 aromatic heterocycles. The number of carbonyl (C=O) groups excluding carboxylic acids is 1. The Morgan fingerprint density at radius 3 is 2.40 bits per heavy atom. The minimum atomic E-state index is -0.00817. The average Bonchev–Trinajstić information content (AvgIpc) is 2.38. The van der Waals surface area contributed by atoms with Gasteiger partial charge in [-0.1, -0.05) is 0 Å². The average molecular weight is 279 g/mol. The van der Waals surface area contributed by atoms with E-state index in [9.17, 15) is 9.18 Å². The van der Waals surface area contributed by atoms with Crippen molar-refractivity contribution in [1.29, 1.82) is 0 Å². The third kappa shape index (κ3) is 2.73. The van der Waals surface area contributed by atoms with E-state index in [1.807, 2.05) is 11.0 Å². The van der Waals surface area contributed by atoms with Crippen LogP contribution in [0, 0.1) is 0 Å². The van der Waals surface area contributed by atoms with Gasteiger partial charge in [0.25, 0.3) is 0 Å². The van der Waals surface area contributed by atoms with Gasteiger partial charge >= 0.3 is 0 Å². The molecular formula is C15H22FN3O. The molecule has 3 rings (SSSR count). The van der Waals surface area contributed by atoms with Crippen molar-refractivity contribution in [1.82, 2.24) is 14.7 Å². The predicted octanol–water partition coefficient (Wildman–Crippen LogP) is 1.37. The van der Waals surface area contributed by atoms with E-state index in [2.05, 4.69) is 9.80 Å². The van der Waals surface area contributed by atoms with Gasteiger partial charge in [-0.15, -0.1) is 0 Å². The number of nitrogens with zero attached hydrogens (tertiary/aromatic N) is 3. The molecule has 4 nitrogen and oxygen atoms in total. The van der Waals surface area contributed by atoms with E-state index in [0.29, 0.717) is 12.5 Å². The third-order valence-electron chi connectivity index (χ3n) is 4.62. The fourth-order valence-electron chi connectivity index (χ4n) is 3.18. The molecule has 0 aromatic carbocycles. The number of hydrogen-bond donors (Lipinski definition) is 0. The van der Waals surface area contributed by atoms with E-state index < -0.39 is 0 Å². The van der Waals surface area contributed by atoms with Crippen LogP contribution in [-0.4, -0.2) is 65.9 Å². The molecule has 1 amide bonds. The molecule has 0 bridgehead atoms. The Kier molecular flexibility index (Phi) is 3.78. The molecule has 20 heavy (non-hydrogen) atoms. The van der Waals surface area contributed by atoms with Gasteiger partial charge in [0.2, 0.25) is 5.91 Å². The van der Waals surface area contributed by atoms with Crippen LogP contribution >= 0.6 is 0 Å². The van der Waals surface area contributed by atoms with Gasteiger partial charge < -0.3 is 9.80 Å². The highest BCUT2D eigenvalue weighted by Gasteiger charge is 2.34. The lowest BCUT2D eigenvalue weighted by atomic mass is 10.0. The highest BCUT2D eigenvalue weighted by atomic mass is 19.1. The number of hydrogen-bond acceptors (Lipinski definition) is 3. The Morgan fingerprint density at radius 1 is 1.15 bits per heavy atom. The molecule has 0 unspecified atom stereocenters. The smallest absolute Gasteiger partial charge is 0.219 e. The molecule has 2 heterocycles. The first kappa shape index (κ1) is 13.6. The van der Waals surface area contributed by atoms with Crippen LogP contribution in [0.3, 0.4) is 0 Å². The summed E-state index contributed by atoms with van der Waals surface area (Å²) in [6, 6.07) is 0.540. The zero-order valence-electron chi connectivity index (χ0n) is 12.0. The van der Waals surface area contributed by atoms with Crippen LogP contribution in [0.15, 0.2) is 23.7 Å². The zero-order valence-corrected chi connectivity index (χ0v) is 12.0. The molecule has 0 N–H and O–H groups in total. The Balaban J connectivity index is 1.47. The minimum Gasteiger partial charge on any atom is -0.372 e. The van der Waals surface area contributed by atoms with E-state index in [1.165, 1.54) is 5.70 Å². The van der Waals surface area contributed by atoms with Crippen LogP contribution in [0.4, 0.5) is 4.39 Å². The van der Waals surface area contributed by atoms with Crippen molar-refractivity contribution < 1.29 is 9.18 Å². The summed E-state index contributed by atoms with van der Waals surface area (Å²) in [4.78, 5) is 17.9. The monoisotopic (exact) mass is 279 g/mol. The Morgan fingerprint density at radius 2 is 1.85 bits per heavy atom. The number of carbonyl (C=O) groups is 1. The van der Waals surface area contributed by atoms with Gasteiger partial charge in [-0.05, 0) is 18.6 Å². The Labute approximate surface area is 119 Å². The molecule has 1 aliphatic carbocycles. The third-order valence-corrected chi connectivity index (χ3v) is 4.62. The maximum atomic E-state index is 13.0. The van der Waals surface area contributed by atoms with E-state index >= 15 is 0 Å². The molecule has 2 fully saturated rings. The van der Waals surface area contributed by atoms with Crippen molar-refractivity contribution in [3.8, 4) is 0 Å². The molecule has 5 heteroatoms. The van der Waals surface area contributed by atoms with E-state index in [1.54, 1.807) is 13.0 Å². The van der Waals surface area contributed by atoms with Gasteiger partial charge in [-0.2, -0.15) is 0 Å². The maximum absolute atomic E-state index is 13.0. The summed E-state index contributed by atoms with van der Waals surface area (Å²) in [5.74, 6) is 0.173. The topological polar surface area (TPSA) is 26.8 Å². The summed E-state index contributed by atoms with van der Waals surface area (Å²) in [5.41, 5.74) is 1.27. The first-order chi connectivity index (χ1) is 9.63. The quantitative estimate of drug-likeness (QED) is 0.764. The van der Waals surface area contributed by atoms with Crippen LogP contribution in [0.2, 0.25) is 0 Å². The normalized spacial score (nSPS) is 25.1. The second-order valence-electron chi connectivity index (χ2n) is 5.87. The summed E-state index contributed by atoms with van der Waals surface area (Å²) in [6.07, 6.45) is 4.89. The summed E-state index contributed by atoms with van der Waals surface area (Å²) in [5, 5.41) is 0. The molecule has 0 aromatic rings. The Hall–Kier alpha value is -1.36. The van der Waals surface area contributed by atoms with Gasteiger partial charge in [-0.3, -0.25) is 9.69 Å². The van der Waals surface area contributed by atoms with Gasteiger partial charge in [0.1, 0.15) is 5.83 Å². The van der Waals surface area contributed by atoms with Crippen molar-refractivity contribution in [3.63, 3.8) is 0 Å². The lowest BCUT2D eigenvalue weighted by Gasteiger charge is -2.48. The summed E-state index contributed by atoms with van der Waals surface area (Å²) in [6.45, 7) is 7.50. The molecule has 0 atom stereocenters. The molecule has 0 saturated carbocycles. The number of amides is 1. The number of allylic oxidation sites excluding steroid dienone is 4. The SMILES string of the molecule is CC(=O)N1CC(N2CCN(C3=CC=C(F)CC3)CC2)C1. The standard InChI is InChI=1S/C15H22FN3O/c1-12(20)19-10-15(11-19)18-8-6-17(7-9-18)14-4-2-13(16)3-5-14/h2,4,15H,3,5-11H2,1H3. The van der Waals surface area contributed by atoms with Crippen molar-refractivity contribution in [2.75, 3.05) is 39.3 Å². The molecule has 110 valence electrons. The largest absolute Gasteiger partial charge is 0.372 e. The van der Waals surface area contributed by atoms with Crippen LogP contribution in [-0.2, 0) is 4.79 Å². The van der Waals surface area contributed by atoms with Crippen molar-refractivity contribution in [2.45, 2.75) is 25.8 Å². The number of halogens is 1. The van der Waals surface area contributed by atoms with Gasteiger partial charge in [0.15, 0.2) is 0 Å². The van der Waals surface area contributed by atoms with E-state index in [0.717, 1.165) is 45.7 Å². The van der Waals surface area contributed by atoms with E-state index in [4.69, 9.17) is 0 Å². The number of piperazine rings is 1. The number of likely N-dealkylation sites (tertiary alicyclic amines) is 1. The number of rotatable bonds is 2. The van der Waals surface area contributed by atoms with Crippen LogP contribution < -0.4 is 0 Å². The first-order valence-electron chi connectivity index (χ1n) is 7.43. The molecule has 2 saturated heterocycles. The highest BCUT2D eigenvalue weighted by molar-refractivity contribution is 5.74. The minimum absolute atomic E-state index is 0.00817. The van der Waals surface area contributed by atoms with Gasteiger partial charge in [0, 0.05) is 64.4 Å². The maximum Gasteiger partial charge on any atom is 0.219 e. The lowest BCUT2D eigenvalue weighted by Crippen LogP contribution is -2.63. The summed E-state index contributed by atoms with van der Waals surface area (Å²) < 4.78 is 13.0. The Bertz CT molecular complexity index is 446. The molecule has 0 spiro atoms. The van der Waals surface area contributed by atoms with Gasteiger partial charge in [-0.25, -0.2) is 4.39 Å². The first-order valence-corrected chi connectivity index (χ1v) is 7.43. The van der Waals surface area contributed by atoms with Crippen LogP contribution in [0.25, 0.3) is 0 Å². The molecule has 3 aliphatic rings. The van der Waals surface area contributed by atoms with Crippen molar-refractivity contribution in [2.24, 2.45) is 0 Å². The van der Waals surface area contributed by atoms with E-state index in [-0.39, 0.29) is 11.7 Å².